The number of halogens is 2. The number of ether oxygens (including phenoxy) is 1. The number of rotatable bonds is 6. The van der Waals surface area contributed by atoms with E-state index >= 15 is 0 Å². The van der Waals surface area contributed by atoms with Gasteiger partial charge in [-0.05, 0) is 34.1 Å². The minimum Gasteiger partial charge on any atom is -0.486 e. The van der Waals surface area contributed by atoms with E-state index in [0.29, 0.717) is 20.7 Å². The molecule has 0 fully saturated rings. The fourth-order valence-corrected chi connectivity index (χ4v) is 1.89. The molecule has 1 aromatic rings. The number of hydrogen-bond acceptors (Lipinski definition) is 4. The molecular weight excluding hydrogens is 307 g/mol. The largest absolute Gasteiger partial charge is 0.486 e. The molecule has 0 radical (unpaired) electrons. The molecule has 0 aliphatic carbocycles. The Morgan fingerprint density at radius 1 is 1.59 bits per heavy atom. The standard InChI is InChI=1S/C11H10BrFN2OS/c1-2-8(15)6-16-10-4-11(17-13)7(5-14)3-9(10)12/h2-5,14-15H,1,6H2. The summed E-state index contributed by atoms with van der Waals surface area (Å²) in [5.74, 6) is 0.433. The van der Waals surface area contributed by atoms with Crippen molar-refractivity contribution < 1.29 is 8.62 Å². The lowest BCUT2D eigenvalue weighted by Gasteiger charge is -2.10. The molecule has 6 heteroatoms. The Morgan fingerprint density at radius 2 is 2.29 bits per heavy atom. The van der Waals surface area contributed by atoms with E-state index in [4.69, 9.17) is 15.6 Å². The third kappa shape index (κ3) is 3.67. The van der Waals surface area contributed by atoms with E-state index in [1.807, 2.05) is 0 Å². The molecule has 3 nitrogen and oxygen atoms in total. The van der Waals surface area contributed by atoms with Crippen LogP contribution >= 0.6 is 28.1 Å². The van der Waals surface area contributed by atoms with Gasteiger partial charge in [0.15, 0.2) is 0 Å². The predicted octanol–water partition coefficient (Wildman–Crippen LogP) is 4.01. The van der Waals surface area contributed by atoms with Crippen LogP contribution in [0.1, 0.15) is 5.56 Å². The number of benzene rings is 1. The molecule has 0 heterocycles. The van der Waals surface area contributed by atoms with Crippen LogP contribution in [0.15, 0.2) is 34.2 Å². The van der Waals surface area contributed by atoms with E-state index in [1.54, 1.807) is 6.07 Å². The van der Waals surface area contributed by atoms with Gasteiger partial charge in [0.1, 0.15) is 12.4 Å². The van der Waals surface area contributed by atoms with Crippen LogP contribution in [0.2, 0.25) is 0 Å². The Balaban J connectivity index is 2.96. The average Bonchev–Trinajstić information content (AvgIpc) is 2.36. The summed E-state index contributed by atoms with van der Waals surface area (Å²) in [7, 11) is 0. The molecule has 0 aromatic heterocycles. The summed E-state index contributed by atoms with van der Waals surface area (Å²) in [6, 6.07) is 3.09. The Bertz CT molecular complexity index is 465. The Kier molecular flexibility index (Phi) is 5.37. The topological polar surface area (TPSA) is 56.9 Å². The molecule has 90 valence electrons. The SMILES string of the molecule is C=CC(=N)COc1cc(SF)c(C=N)cc1Br. The van der Waals surface area contributed by atoms with Crippen LogP contribution in [0, 0.1) is 10.8 Å². The van der Waals surface area contributed by atoms with Gasteiger partial charge in [0, 0.05) is 11.8 Å². The zero-order valence-electron chi connectivity index (χ0n) is 8.80. The molecule has 0 unspecified atom stereocenters. The molecule has 17 heavy (non-hydrogen) atoms. The van der Waals surface area contributed by atoms with E-state index in [1.165, 1.54) is 12.1 Å². The summed E-state index contributed by atoms with van der Waals surface area (Å²) in [6.45, 7) is 3.52. The lowest BCUT2D eigenvalue weighted by atomic mass is 10.2. The summed E-state index contributed by atoms with van der Waals surface area (Å²) in [5, 5.41) is 14.5. The second-order valence-corrected chi connectivity index (χ2v) is 4.51. The van der Waals surface area contributed by atoms with Crippen LogP contribution in [0.25, 0.3) is 0 Å². The number of hydrogen-bond donors (Lipinski definition) is 2. The fourth-order valence-electron chi connectivity index (χ4n) is 1.05. The van der Waals surface area contributed by atoms with Gasteiger partial charge in [-0.3, -0.25) is 0 Å². The van der Waals surface area contributed by atoms with E-state index < -0.39 is 0 Å². The highest BCUT2D eigenvalue weighted by Gasteiger charge is 2.09. The van der Waals surface area contributed by atoms with Gasteiger partial charge >= 0.3 is 0 Å². The second kappa shape index (κ2) is 6.56. The van der Waals surface area contributed by atoms with Crippen molar-refractivity contribution >= 4 is 40.0 Å². The van der Waals surface area contributed by atoms with Gasteiger partial charge < -0.3 is 15.6 Å². The molecule has 2 N–H and O–H groups in total. The van der Waals surface area contributed by atoms with Crippen molar-refractivity contribution in [3.63, 3.8) is 0 Å². The summed E-state index contributed by atoms with van der Waals surface area (Å²) >= 11 is 3.32. The maximum Gasteiger partial charge on any atom is 0.135 e. The molecule has 0 atom stereocenters. The van der Waals surface area contributed by atoms with Crippen molar-refractivity contribution in [2.75, 3.05) is 6.61 Å². The summed E-state index contributed by atoms with van der Waals surface area (Å²) < 4.78 is 18.6. The molecule has 1 rings (SSSR count). The van der Waals surface area contributed by atoms with Gasteiger partial charge in [0.05, 0.1) is 27.2 Å². The molecule has 0 aliphatic heterocycles. The first-order valence-electron chi connectivity index (χ1n) is 4.57. The molecule has 0 aliphatic rings. The van der Waals surface area contributed by atoms with E-state index in [2.05, 4.69) is 22.5 Å². The van der Waals surface area contributed by atoms with Crippen molar-refractivity contribution in [2.24, 2.45) is 0 Å². The maximum atomic E-state index is 12.6. The van der Waals surface area contributed by atoms with Gasteiger partial charge in [-0.25, -0.2) is 0 Å². The van der Waals surface area contributed by atoms with Gasteiger partial charge in [-0.1, -0.05) is 6.58 Å². The molecule has 0 saturated heterocycles. The van der Waals surface area contributed by atoms with E-state index in [0.717, 1.165) is 6.21 Å². The van der Waals surface area contributed by atoms with Gasteiger partial charge in [0.2, 0.25) is 0 Å². The van der Waals surface area contributed by atoms with Crippen LogP contribution in [0.5, 0.6) is 5.75 Å². The molecular formula is C11H10BrFN2OS. The van der Waals surface area contributed by atoms with Crippen molar-refractivity contribution in [1.82, 2.24) is 0 Å². The highest BCUT2D eigenvalue weighted by molar-refractivity contribution is 9.10. The first kappa shape index (κ1) is 13.9. The quantitative estimate of drug-likeness (QED) is 0.779. The van der Waals surface area contributed by atoms with Gasteiger partial charge in [-0.15, -0.1) is 0 Å². The molecule has 1 aromatic carbocycles. The molecule has 0 bridgehead atoms. The summed E-state index contributed by atoms with van der Waals surface area (Å²) in [5.41, 5.74) is 0.706. The van der Waals surface area contributed by atoms with Crippen molar-refractivity contribution in [3.8, 4) is 5.75 Å². The summed E-state index contributed by atoms with van der Waals surface area (Å²) in [6.07, 6.45) is 2.45. The molecule has 0 saturated carbocycles. The van der Waals surface area contributed by atoms with E-state index in [9.17, 15) is 3.89 Å². The van der Waals surface area contributed by atoms with Crippen LogP contribution in [0.4, 0.5) is 3.89 Å². The van der Waals surface area contributed by atoms with Gasteiger partial charge in [0.25, 0.3) is 0 Å². The Morgan fingerprint density at radius 3 is 2.82 bits per heavy atom. The average molecular weight is 317 g/mol. The van der Waals surface area contributed by atoms with Crippen LogP contribution in [-0.4, -0.2) is 18.5 Å². The van der Waals surface area contributed by atoms with Gasteiger partial charge in [-0.2, -0.15) is 3.89 Å². The Labute approximate surface area is 112 Å². The summed E-state index contributed by atoms with van der Waals surface area (Å²) in [4.78, 5) is 0.309. The predicted molar refractivity (Wildman–Crippen MR) is 72.4 cm³/mol. The first-order chi connectivity index (χ1) is 8.12. The monoisotopic (exact) mass is 316 g/mol. The number of nitrogens with one attached hydrogen (secondary N) is 2. The van der Waals surface area contributed by atoms with Crippen LogP contribution in [0.3, 0.4) is 0 Å². The maximum absolute atomic E-state index is 12.6. The molecule has 0 amide bonds. The third-order valence-corrected chi connectivity index (χ3v) is 3.07. The minimum atomic E-state index is 0.0570. The van der Waals surface area contributed by atoms with Crippen molar-refractivity contribution in [2.45, 2.75) is 4.90 Å². The zero-order valence-corrected chi connectivity index (χ0v) is 11.2. The molecule has 0 spiro atoms. The lowest BCUT2D eigenvalue weighted by molar-refractivity contribution is 0.373. The van der Waals surface area contributed by atoms with Crippen molar-refractivity contribution in [1.29, 1.82) is 10.8 Å². The lowest BCUT2D eigenvalue weighted by Crippen LogP contribution is -2.07. The first-order valence-corrected chi connectivity index (χ1v) is 6.08. The normalized spacial score (nSPS) is 9.76. The van der Waals surface area contributed by atoms with Crippen molar-refractivity contribution in [3.05, 3.63) is 34.8 Å². The highest BCUT2D eigenvalue weighted by Crippen LogP contribution is 2.33. The minimum absolute atomic E-state index is 0.0570. The van der Waals surface area contributed by atoms with Crippen LogP contribution in [-0.2, 0) is 0 Å². The van der Waals surface area contributed by atoms with E-state index in [-0.39, 0.29) is 24.5 Å². The third-order valence-electron chi connectivity index (χ3n) is 1.93. The zero-order chi connectivity index (χ0) is 12.8. The smallest absolute Gasteiger partial charge is 0.135 e. The Hall–Kier alpha value is -1.14. The highest BCUT2D eigenvalue weighted by atomic mass is 79.9. The van der Waals surface area contributed by atoms with Crippen LogP contribution < -0.4 is 4.74 Å². The fraction of sp³-hybridized carbons (Fsp3) is 0.0909. The second-order valence-electron chi connectivity index (χ2n) is 3.06.